The number of aromatic nitrogens is 1. The highest BCUT2D eigenvalue weighted by Gasteiger charge is 1.99. The van der Waals surface area contributed by atoms with E-state index in [1.807, 2.05) is 6.92 Å². The van der Waals surface area contributed by atoms with Gasteiger partial charge in [-0.05, 0) is 19.1 Å². The number of rotatable bonds is 5. The fourth-order valence-corrected chi connectivity index (χ4v) is 1.17. The van der Waals surface area contributed by atoms with Crippen molar-refractivity contribution in [3.63, 3.8) is 0 Å². The molecular weight excluding hydrogens is 207 g/mol. The number of hydrogen-bond donors (Lipinski definition) is 2. The first-order chi connectivity index (χ1) is 7.58. The number of nitrogens with two attached hydrogens (primary N) is 1. The van der Waals surface area contributed by atoms with Gasteiger partial charge in [0, 0.05) is 30.8 Å². The van der Waals surface area contributed by atoms with Crippen LogP contribution in [-0.4, -0.2) is 23.0 Å². The van der Waals surface area contributed by atoms with Crippen molar-refractivity contribution in [1.29, 1.82) is 5.41 Å². The highest BCUT2D eigenvalue weighted by atomic mass is 19.1. The summed E-state index contributed by atoms with van der Waals surface area (Å²) in [7, 11) is 0. The Hall–Kier alpha value is -1.62. The van der Waals surface area contributed by atoms with Crippen LogP contribution < -0.4 is 5.73 Å². The third-order valence-corrected chi connectivity index (χ3v) is 1.84. The van der Waals surface area contributed by atoms with Crippen molar-refractivity contribution in [2.75, 3.05) is 0 Å². The van der Waals surface area contributed by atoms with E-state index in [1.165, 1.54) is 12.1 Å². The Kier molecular flexibility index (Phi) is 4.72. The minimum atomic E-state index is -0.386. The van der Waals surface area contributed by atoms with Crippen molar-refractivity contribution in [1.82, 2.24) is 4.98 Å². The molecular formula is C11H15FN4. The van der Waals surface area contributed by atoms with Crippen LogP contribution in [0.15, 0.2) is 23.3 Å². The Labute approximate surface area is 93.9 Å². The molecule has 0 aliphatic rings. The SMILES string of the molecule is CC(N)CC(=N)CC=Nc1ccc(F)cn1. The molecule has 0 aliphatic heterocycles. The van der Waals surface area contributed by atoms with Crippen LogP contribution in [0.4, 0.5) is 10.2 Å². The number of aliphatic imine (C=N–C) groups is 1. The lowest BCUT2D eigenvalue weighted by Crippen LogP contribution is -2.19. The molecule has 0 bridgehead atoms. The molecule has 0 aromatic carbocycles. The zero-order valence-electron chi connectivity index (χ0n) is 9.15. The van der Waals surface area contributed by atoms with Crippen molar-refractivity contribution in [2.45, 2.75) is 25.8 Å². The van der Waals surface area contributed by atoms with E-state index in [0.29, 0.717) is 24.4 Å². The van der Waals surface area contributed by atoms with Crippen molar-refractivity contribution < 1.29 is 4.39 Å². The van der Waals surface area contributed by atoms with E-state index in [2.05, 4.69) is 9.98 Å². The number of hydrogen-bond acceptors (Lipinski definition) is 4. The smallest absolute Gasteiger partial charge is 0.151 e. The van der Waals surface area contributed by atoms with Gasteiger partial charge >= 0.3 is 0 Å². The van der Waals surface area contributed by atoms with Gasteiger partial charge < -0.3 is 11.1 Å². The van der Waals surface area contributed by atoms with Gasteiger partial charge in [-0.15, -0.1) is 0 Å². The molecule has 0 amide bonds. The molecule has 1 rings (SSSR count). The minimum absolute atomic E-state index is 0.00940. The van der Waals surface area contributed by atoms with E-state index >= 15 is 0 Å². The first kappa shape index (κ1) is 12.4. The maximum atomic E-state index is 12.5. The Bertz CT molecular complexity index is 370. The third-order valence-electron chi connectivity index (χ3n) is 1.84. The highest BCUT2D eigenvalue weighted by Crippen LogP contribution is 2.06. The van der Waals surface area contributed by atoms with Gasteiger partial charge in [-0.25, -0.2) is 14.4 Å². The molecule has 5 heteroatoms. The lowest BCUT2D eigenvalue weighted by atomic mass is 10.1. The number of nitrogens with one attached hydrogen (secondary N) is 1. The van der Waals surface area contributed by atoms with E-state index in [9.17, 15) is 4.39 Å². The summed E-state index contributed by atoms with van der Waals surface area (Å²) in [4.78, 5) is 7.78. The van der Waals surface area contributed by atoms with Gasteiger partial charge in [-0.2, -0.15) is 0 Å². The van der Waals surface area contributed by atoms with Crippen LogP contribution in [0.2, 0.25) is 0 Å². The fourth-order valence-electron chi connectivity index (χ4n) is 1.17. The quantitative estimate of drug-likeness (QED) is 0.748. The average Bonchev–Trinajstić information content (AvgIpc) is 2.20. The molecule has 0 saturated heterocycles. The van der Waals surface area contributed by atoms with Gasteiger partial charge in [-0.3, -0.25) is 0 Å². The molecule has 1 atom stereocenters. The Balaban J connectivity index is 2.43. The zero-order valence-corrected chi connectivity index (χ0v) is 9.15. The summed E-state index contributed by atoms with van der Waals surface area (Å²) in [6, 6.07) is 2.78. The summed E-state index contributed by atoms with van der Waals surface area (Å²) >= 11 is 0. The summed E-state index contributed by atoms with van der Waals surface area (Å²) < 4.78 is 12.5. The Morgan fingerprint density at radius 3 is 3.00 bits per heavy atom. The van der Waals surface area contributed by atoms with Gasteiger partial charge in [0.1, 0.15) is 5.82 Å². The van der Waals surface area contributed by atoms with Crippen LogP contribution in [0, 0.1) is 11.2 Å². The van der Waals surface area contributed by atoms with Gasteiger partial charge in [0.05, 0.1) is 6.20 Å². The molecule has 0 aliphatic carbocycles. The Morgan fingerprint density at radius 1 is 1.69 bits per heavy atom. The van der Waals surface area contributed by atoms with Crippen molar-refractivity contribution in [3.05, 3.63) is 24.1 Å². The molecule has 86 valence electrons. The van der Waals surface area contributed by atoms with Crippen LogP contribution in [0.1, 0.15) is 19.8 Å². The maximum Gasteiger partial charge on any atom is 0.151 e. The van der Waals surface area contributed by atoms with E-state index < -0.39 is 0 Å². The molecule has 0 radical (unpaired) electrons. The number of nitrogens with zero attached hydrogens (tertiary/aromatic N) is 2. The molecule has 0 fully saturated rings. The summed E-state index contributed by atoms with van der Waals surface area (Å²) in [5, 5.41) is 7.57. The third kappa shape index (κ3) is 4.75. The molecule has 1 unspecified atom stereocenters. The fraction of sp³-hybridized carbons (Fsp3) is 0.364. The molecule has 16 heavy (non-hydrogen) atoms. The molecule has 0 spiro atoms. The lowest BCUT2D eigenvalue weighted by Gasteiger charge is -2.03. The van der Waals surface area contributed by atoms with Crippen molar-refractivity contribution >= 4 is 17.7 Å². The van der Waals surface area contributed by atoms with Gasteiger partial charge in [0.2, 0.25) is 0 Å². The normalized spacial score (nSPS) is 12.9. The predicted octanol–water partition coefficient (Wildman–Crippen LogP) is 2.07. The first-order valence-corrected chi connectivity index (χ1v) is 5.04. The second-order valence-corrected chi connectivity index (χ2v) is 3.64. The Morgan fingerprint density at radius 2 is 2.44 bits per heavy atom. The van der Waals surface area contributed by atoms with E-state index in [0.717, 1.165) is 6.20 Å². The number of pyridine rings is 1. The summed E-state index contributed by atoms with van der Waals surface area (Å²) in [5.74, 6) is 0.0543. The second kappa shape index (κ2) is 6.07. The molecule has 1 heterocycles. The van der Waals surface area contributed by atoms with E-state index in [-0.39, 0.29) is 11.9 Å². The zero-order chi connectivity index (χ0) is 12.0. The maximum absolute atomic E-state index is 12.5. The molecule has 3 N–H and O–H groups in total. The largest absolute Gasteiger partial charge is 0.328 e. The molecule has 4 nitrogen and oxygen atoms in total. The van der Waals surface area contributed by atoms with E-state index in [1.54, 1.807) is 6.21 Å². The number of halogens is 1. The second-order valence-electron chi connectivity index (χ2n) is 3.64. The summed E-state index contributed by atoms with van der Waals surface area (Å²) in [6.45, 7) is 1.85. The summed E-state index contributed by atoms with van der Waals surface area (Å²) in [5.41, 5.74) is 6.08. The van der Waals surface area contributed by atoms with Gasteiger partial charge in [-0.1, -0.05) is 0 Å². The average molecular weight is 222 g/mol. The van der Waals surface area contributed by atoms with Gasteiger partial charge in [0.25, 0.3) is 0 Å². The van der Waals surface area contributed by atoms with Gasteiger partial charge in [0.15, 0.2) is 5.82 Å². The van der Waals surface area contributed by atoms with Crippen molar-refractivity contribution in [3.8, 4) is 0 Å². The van der Waals surface area contributed by atoms with Crippen molar-refractivity contribution in [2.24, 2.45) is 10.7 Å². The van der Waals surface area contributed by atoms with Crippen LogP contribution in [0.5, 0.6) is 0 Å². The minimum Gasteiger partial charge on any atom is -0.328 e. The van der Waals surface area contributed by atoms with Crippen LogP contribution in [0.3, 0.4) is 0 Å². The lowest BCUT2D eigenvalue weighted by molar-refractivity contribution is 0.621. The highest BCUT2D eigenvalue weighted by molar-refractivity contribution is 5.94. The van der Waals surface area contributed by atoms with Crippen LogP contribution in [0.25, 0.3) is 0 Å². The first-order valence-electron chi connectivity index (χ1n) is 5.04. The van der Waals surface area contributed by atoms with Crippen LogP contribution in [-0.2, 0) is 0 Å². The molecule has 1 aromatic heterocycles. The molecule has 1 aromatic rings. The monoisotopic (exact) mass is 222 g/mol. The summed E-state index contributed by atoms with van der Waals surface area (Å²) in [6.07, 6.45) is 3.70. The van der Waals surface area contributed by atoms with E-state index in [4.69, 9.17) is 11.1 Å². The topological polar surface area (TPSA) is 75.1 Å². The predicted molar refractivity (Wildman–Crippen MR) is 63.0 cm³/mol. The molecule has 0 saturated carbocycles. The standard InChI is InChI=1S/C11H15FN4/c1-8(13)6-10(14)4-5-15-11-3-2-9(12)7-16-11/h2-3,5,7-8,14H,4,6,13H2,1H3. The van der Waals surface area contributed by atoms with Crippen LogP contribution >= 0.6 is 0 Å².